The second-order valence-corrected chi connectivity index (χ2v) is 6.80. The standard InChI is InChI=1S/C18H12Br2O2.ClH/c19-16-7-8-17(20)15-10-12(3-6-14(15)16)9-11-1-4-13(5-2-11)18(21)22;/h1-8,10H,9H2,(H,21,22);1H. The molecule has 0 amide bonds. The van der Waals surface area contributed by atoms with Crippen LogP contribution in [0.5, 0.6) is 0 Å². The number of benzene rings is 3. The van der Waals surface area contributed by atoms with Crippen LogP contribution in [0.2, 0.25) is 0 Å². The van der Waals surface area contributed by atoms with Gasteiger partial charge in [-0.25, -0.2) is 4.79 Å². The van der Waals surface area contributed by atoms with E-state index in [2.05, 4.69) is 50.1 Å². The number of carbonyl (C=O) groups is 1. The smallest absolute Gasteiger partial charge is 0.335 e. The van der Waals surface area contributed by atoms with Gasteiger partial charge in [0.2, 0.25) is 0 Å². The Morgan fingerprint density at radius 3 is 2.00 bits per heavy atom. The molecule has 3 aromatic carbocycles. The van der Waals surface area contributed by atoms with Gasteiger partial charge >= 0.3 is 5.97 Å². The van der Waals surface area contributed by atoms with Crippen molar-refractivity contribution in [2.24, 2.45) is 0 Å². The van der Waals surface area contributed by atoms with Crippen molar-refractivity contribution >= 4 is 61.0 Å². The lowest BCUT2D eigenvalue weighted by atomic mass is 10.0. The molecule has 3 aromatic rings. The summed E-state index contributed by atoms with van der Waals surface area (Å²) in [4.78, 5) is 10.9. The molecule has 0 heterocycles. The second-order valence-electron chi connectivity index (χ2n) is 5.09. The summed E-state index contributed by atoms with van der Waals surface area (Å²) in [6.45, 7) is 0. The van der Waals surface area contributed by atoms with Gasteiger partial charge in [-0.05, 0) is 58.7 Å². The fourth-order valence-electron chi connectivity index (χ4n) is 2.43. The number of rotatable bonds is 3. The Kier molecular flexibility index (Phi) is 5.84. The second kappa shape index (κ2) is 7.47. The number of halogens is 3. The lowest BCUT2D eigenvalue weighted by molar-refractivity contribution is 0.0697. The minimum Gasteiger partial charge on any atom is -0.478 e. The maximum absolute atomic E-state index is 10.9. The average Bonchev–Trinajstić information content (AvgIpc) is 2.52. The highest BCUT2D eigenvalue weighted by Gasteiger charge is 2.06. The zero-order chi connectivity index (χ0) is 15.7. The highest BCUT2D eigenvalue weighted by molar-refractivity contribution is 9.11. The van der Waals surface area contributed by atoms with E-state index < -0.39 is 5.97 Å². The summed E-state index contributed by atoms with van der Waals surface area (Å²) in [6.07, 6.45) is 0.773. The Morgan fingerprint density at radius 2 is 1.39 bits per heavy atom. The van der Waals surface area contributed by atoms with Crippen LogP contribution in [0.4, 0.5) is 0 Å². The van der Waals surface area contributed by atoms with E-state index in [0.29, 0.717) is 5.56 Å². The predicted octanol–water partition coefficient (Wildman–Crippen LogP) is 6.08. The van der Waals surface area contributed by atoms with Crippen molar-refractivity contribution in [3.63, 3.8) is 0 Å². The van der Waals surface area contributed by atoms with Gasteiger partial charge in [-0.2, -0.15) is 0 Å². The molecule has 0 saturated heterocycles. The molecule has 1 N–H and O–H groups in total. The molecule has 0 radical (unpaired) electrons. The van der Waals surface area contributed by atoms with Crippen LogP contribution in [0.1, 0.15) is 21.5 Å². The van der Waals surface area contributed by atoms with Crippen LogP contribution in [-0.2, 0) is 6.42 Å². The summed E-state index contributed by atoms with van der Waals surface area (Å²) < 4.78 is 2.14. The molecule has 3 rings (SSSR count). The average molecular weight is 457 g/mol. The molecule has 5 heteroatoms. The highest BCUT2D eigenvalue weighted by atomic mass is 79.9. The molecule has 0 unspecified atom stereocenters. The Morgan fingerprint density at radius 1 is 0.826 bits per heavy atom. The van der Waals surface area contributed by atoms with Crippen LogP contribution in [0, 0.1) is 0 Å². The van der Waals surface area contributed by atoms with E-state index in [4.69, 9.17) is 5.11 Å². The summed E-state index contributed by atoms with van der Waals surface area (Å²) in [5, 5.41) is 11.3. The minimum atomic E-state index is -0.897. The van der Waals surface area contributed by atoms with E-state index in [-0.39, 0.29) is 12.4 Å². The fourth-order valence-corrected chi connectivity index (χ4v) is 3.37. The largest absolute Gasteiger partial charge is 0.478 e. The van der Waals surface area contributed by atoms with Gasteiger partial charge in [0.1, 0.15) is 0 Å². The van der Waals surface area contributed by atoms with Crippen LogP contribution < -0.4 is 0 Å². The molecule has 0 fully saturated rings. The number of carboxylic acids is 1. The van der Waals surface area contributed by atoms with Crippen molar-refractivity contribution in [3.8, 4) is 0 Å². The normalized spacial score (nSPS) is 10.3. The van der Waals surface area contributed by atoms with E-state index in [1.165, 1.54) is 10.9 Å². The third kappa shape index (κ3) is 3.94. The van der Waals surface area contributed by atoms with Gasteiger partial charge in [0.15, 0.2) is 0 Å². The molecule has 0 atom stereocenters. The number of aromatic carboxylic acids is 1. The molecule has 23 heavy (non-hydrogen) atoms. The van der Waals surface area contributed by atoms with Crippen molar-refractivity contribution in [1.29, 1.82) is 0 Å². The van der Waals surface area contributed by atoms with Crippen molar-refractivity contribution in [2.75, 3.05) is 0 Å². The molecule has 2 nitrogen and oxygen atoms in total. The summed E-state index contributed by atoms with van der Waals surface area (Å²) in [6, 6.07) is 17.4. The Balaban J connectivity index is 0.00000192. The predicted molar refractivity (Wildman–Crippen MR) is 103 cm³/mol. The summed E-state index contributed by atoms with van der Waals surface area (Å²) in [7, 11) is 0. The molecule has 0 spiro atoms. The molecular weight excluding hydrogens is 443 g/mol. The molecule has 0 aromatic heterocycles. The summed E-state index contributed by atoms with van der Waals surface area (Å²) in [5.74, 6) is -0.897. The first-order chi connectivity index (χ1) is 10.5. The van der Waals surface area contributed by atoms with Crippen LogP contribution in [-0.4, -0.2) is 11.1 Å². The van der Waals surface area contributed by atoms with Crippen molar-refractivity contribution in [1.82, 2.24) is 0 Å². The van der Waals surface area contributed by atoms with Crippen molar-refractivity contribution < 1.29 is 9.90 Å². The fraction of sp³-hybridized carbons (Fsp3) is 0.0556. The van der Waals surface area contributed by atoms with Gasteiger partial charge in [0, 0.05) is 8.95 Å². The monoisotopic (exact) mass is 454 g/mol. The third-order valence-electron chi connectivity index (χ3n) is 3.58. The zero-order valence-corrected chi connectivity index (χ0v) is 15.9. The Labute approximate surface area is 157 Å². The van der Waals surface area contributed by atoms with E-state index in [0.717, 1.165) is 26.3 Å². The highest BCUT2D eigenvalue weighted by Crippen LogP contribution is 2.31. The molecule has 0 aliphatic carbocycles. The maximum atomic E-state index is 10.9. The molecule has 118 valence electrons. The number of carboxylic acid groups (broad SMARTS) is 1. The number of hydrogen-bond acceptors (Lipinski definition) is 1. The van der Waals surface area contributed by atoms with Gasteiger partial charge in [-0.1, -0.05) is 56.1 Å². The van der Waals surface area contributed by atoms with Gasteiger partial charge < -0.3 is 5.11 Å². The van der Waals surface area contributed by atoms with Crippen LogP contribution >= 0.6 is 44.3 Å². The lowest BCUT2D eigenvalue weighted by Gasteiger charge is -2.08. The van der Waals surface area contributed by atoms with Gasteiger partial charge in [-0.15, -0.1) is 12.4 Å². The van der Waals surface area contributed by atoms with E-state index >= 15 is 0 Å². The van der Waals surface area contributed by atoms with Gasteiger partial charge in [0.05, 0.1) is 5.56 Å². The Bertz CT molecular complexity index is 861. The van der Waals surface area contributed by atoms with E-state index in [1.54, 1.807) is 12.1 Å². The van der Waals surface area contributed by atoms with Crippen LogP contribution in [0.3, 0.4) is 0 Å². The SMILES string of the molecule is Cl.O=C(O)c1ccc(Cc2ccc3c(Br)ccc(Br)c3c2)cc1. The van der Waals surface area contributed by atoms with Gasteiger partial charge in [-0.3, -0.25) is 0 Å². The van der Waals surface area contributed by atoms with E-state index in [9.17, 15) is 4.79 Å². The topological polar surface area (TPSA) is 37.3 Å². The quantitative estimate of drug-likeness (QED) is 0.519. The molecule has 0 aliphatic heterocycles. The molecule has 0 saturated carbocycles. The summed E-state index contributed by atoms with van der Waals surface area (Å²) >= 11 is 7.16. The first-order valence-electron chi connectivity index (χ1n) is 6.73. The molecule has 0 bridgehead atoms. The van der Waals surface area contributed by atoms with E-state index in [1.807, 2.05) is 24.3 Å². The first kappa shape index (κ1) is 18.0. The molecule has 0 aliphatic rings. The van der Waals surface area contributed by atoms with Crippen molar-refractivity contribution in [3.05, 3.63) is 80.2 Å². The third-order valence-corrected chi connectivity index (χ3v) is 4.97. The Hall–Kier alpha value is -1.36. The van der Waals surface area contributed by atoms with Crippen LogP contribution in [0.25, 0.3) is 10.8 Å². The van der Waals surface area contributed by atoms with Crippen LogP contribution in [0.15, 0.2) is 63.5 Å². The molecular formula is C18H13Br2ClO2. The minimum absolute atomic E-state index is 0. The maximum Gasteiger partial charge on any atom is 0.335 e. The van der Waals surface area contributed by atoms with Gasteiger partial charge in [0.25, 0.3) is 0 Å². The lowest BCUT2D eigenvalue weighted by Crippen LogP contribution is -1.96. The number of fused-ring (bicyclic) bond motifs is 1. The number of hydrogen-bond donors (Lipinski definition) is 1. The zero-order valence-electron chi connectivity index (χ0n) is 11.9. The summed E-state index contributed by atoms with van der Waals surface area (Å²) in [5.41, 5.74) is 2.60. The van der Waals surface area contributed by atoms with Crippen molar-refractivity contribution in [2.45, 2.75) is 6.42 Å². The first-order valence-corrected chi connectivity index (χ1v) is 8.32.